The predicted molar refractivity (Wildman–Crippen MR) is 109 cm³/mol. The maximum atomic E-state index is 13.2. The van der Waals surface area contributed by atoms with Crippen LogP contribution in [0.25, 0.3) is 0 Å². The first kappa shape index (κ1) is 21.4. The van der Waals surface area contributed by atoms with Gasteiger partial charge in [-0.2, -0.15) is 4.31 Å². The van der Waals surface area contributed by atoms with Crippen LogP contribution < -0.4 is 9.47 Å². The second-order valence-corrected chi connectivity index (χ2v) is 9.96. The van der Waals surface area contributed by atoms with Gasteiger partial charge in [0.15, 0.2) is 11.5 Å². The van der Waals surface area contributed by atoms with Crippen molar-refractivity contribution in [3.05, 3.63) is 16.6 Å². The first-order chi connectivity index (χ1) is 13.4. The van der Waals surface area contributed by atoms with Crippen LogP contribution in [0.2, 0.25) is 0 Å². The van der Waals surface area contributed by atoms with Gasteiger partial charge < -0.3 is 14.4 Å². The second kappa shape index (κ2) is 9.00. The second-order valence-electron chi connectivity index (χ2n) is 7.20. The van der Waals surface area contributed by atoms with E-state index in [-0.39, 0.29) is 16.7 Å². The lowest BCUT2D eigenvalue weighted by Crippen LogP contribution is -2.52. The summed E-state index contributed by atoms with van der Waals surface area (Å²) >= 11 is 3.33. The van der Waals surface area contributed by atoms with E-state index in [4.69, 9.17) is 9.47 Å². The Morgan fingerprint density at radius 1 is 1.00 bits per heavy atom. The van der Waals surface area contributed by atoms with E-state index >= 15 is 0 Å². The van der Waals surface area contributed by atoms with E-state index in [1.807, 2.05) is 4.90 Å². The summed E-state index contributed by atoms with van der Waals surface area (Å²) in [5, 5.41) is 0. The number of halogens is 1. The molecule has 1 aliphatic carbocycles. The number of rotatable bonds is 5. The minimum Gasteiger partial charge on any atom is -0.493 e. The Kier molecular flexibility index (Phi) is 6.88. The fourth-order valence-electron chi connectivity index (χ4n) is 3.93. The molecule has 28 heavy (non-hydrogen) atoms. The van der Waals surface area contributed by atoms with E-state index in [9.17, 15) is 13.2 Å². The number of hydrogen-bond donors (Lipinski definition) is 0. The highest BCUT2D eigenvalue weighted by Crippen LogP contribution is 2.37. The Labute approximate surface area is 175 Å². The minimum absolute atomic E-state index is 0.108. The molecule has 156 valence electrons. The van der Waals surface area contributed by atoms with Gasteiger partial charge in [-0.25, -0.2) is 8.42 Å². The predicted octanol–water partition coefficient (Wildman–Crippen LogP) is 2.88. The van der Waals surface area contributed by atoms with Gasteiger partial charge in [-0.15, -0.1) is 0 Å². The lowest BCUT2D eigenvalue weighted by molar-refractivity contribution is -0.137. The molecule has 0 N–H and O–H groups in total. The van der Waals surface area contributed by atoms with E-state index in [0.717, 1.165) is 25.7 Å². The number of nitrogens with zero attached hydrogens (tertiary/aromatic N) is 2. The van der Waals surface area contributed by atoms with E-state index in [1.54, 1.807) is 6.07 Å². The van der Waals surface area contributed by atoms with Gasteiger partial charge in [-0.05, 0) is 34.8 Å². The van der Waals surface area contributed by atoms with Crippen molar-refractivity contribution in [2.24, 2.45) is 5.92 Å². The average molecular weight is 475 g/mol. The van der Waals surface area contributed by atoms with Crippen LogP contribution in [-0.4, -0.2) is 63.9 Å². The van der Waals surface area contributed by atoms with E-state index < -0.39 is 10.0 Å². The Morgan fingerprint density at radius 2 is 1.57 bits per heavy atom. The molecule has 1 heterocycles. The quantitative estimate of drug-likeness (QED) is 0.655. The van der Waals surface area contributed by atoms with Crippen molar-refractivity contribution >= 4 is 31.9 Å². The Bertz CT molecular complexity index is 816. The molecule has 1 saturated heterocycles. The summed E-state index contributed by atoms with van der Waals surface area (Å²) in [6, 6.07) is 3.06. The molecule has 7 nitrogen and oxygen atoms in total. The van der Waals surface area contributed by atoms with Gasteiger partial charge in [0.05, 0.1) is 14.2 Å². The van der Waals surface area contributed by atoms with Crippen LogP contribution in [0, 0.1) is 5.92 Å². The van der Waals surface area contributed by atoms with Gasteiger partial charge in [-0.3, -0.25) is 4.79 Å². The number of carbonyl (C=O) groups excluding carboxylic acids is 1. The number of sulfonamides is 1. The number of hydrogen-bond acceptors (Lipinski definition) is 5. The van der Waals surface area contributed by atoms with Crippen molar-refractivity contribution in [1.29, 1.82) is 0 Å². The van der Waals surface area contributed by atoms with Crippen LogP contribution in [0.3, 0.4) is 0 Å². The maximum Gasteiger partial charge on any atom is 0.244 e. The summed E-state index contributed by atoms with van der Waals surface area (Å²) < 4.78 is 38.6. The van der Waals surface area contributed by atoms with E-state index in [1.165, 1.54) is 31.0 Å². The molecule has 1 aliphatic heterocycles. The normalized spacial score (nSPS) is 19.5. The summed E-state index contributed by atoms with van der Waals surface area (Å²) in [5.74, 6) is 1.10. The van der Waals surface area contributed by atoms with Crippen LogP contribution in [-0.2, 0) is 14.8 Å². The fourth-order valence-corrected chi connectivity index (χ4v) is 6.35. The zero-order valence-electron chi connectivity index (χ0n) is 16.3. The SMILES string of the molecule is COc1cc(Br)c(S(=O)(=O)N2CCN(C(=O)C3CCCCC3)CC2)cc1OC. The molecule has 0 spiro atoms. The number of carbonyl (C=O) groups is 1. The highest BCUT2D eigenvalue weighted by Gasteiger charge is 2.34. The number of amides is 1. The first-order valence-corrected chi connectivity index (χ1v) is 11.8. The first-order valence-electron chi connectivity index (χ1n) is 9.59. The summed E-state index contributed by atoms with van der Waals surface area (Å²) in [5.41, 5.74) is 0. The summed E-state index contributed by atoms with van der Waals surface area (Å²) in [6.07, 6.45) is 5.33. The van der Waals surface area contributed by atoms with Crippen molar-refractivity contribution in [3.63, 3.8) is 0 Å². The third-order valence-corrected chi connectivity index (χ3v) is 8.42. The number of ether oxygens (including phenoxy) is 2. The molecule has 0 atom stereocenters. The van der Waals surface area contributed by atoms with Crippen molar-refractivity contribution < 1.29 is 22.7 Å². The van der Waals surface area contributed by atoms with E-state index in [0.29, 0.717) is 42.2 Å². The highest BCUT2D eigenvalue weighted by atomic mass is 79.9. The lowest BCUT2D eigenvalue weighted by atomic mass is 9.88. The van der Waals surface area contributed by atoms with Gasteiger partial charge in [0.1, 0.15) is 4.90 Å². The lowest BCUT2D eigenvalue weighted by Gasteiger charge is -2.36. The zero-order chi connectivity index (χ0) is 20.3. The van der Waals surface area contributed by atoms with Crippen molar-refractivity contribution in [1.82, 2.24) is 9.21 Å². The Morgan fingerprint density at radius 3 is 2.14 bits per heavy atom. The number of benzene rings is 1. The molecule has 1 saturated carbocycles. The topological polar surface area (TPSA) is 76.2 Å². The maximum absolute atomic E-state index is 13.2. The van der Waals surface area contributed by atoms with Crippen molar-refractivity contribution in [2.45, 2.75) is 37.0 Å². The molecule has 3 rings (SSSR count). The molecular weight excluding hydrogens is 448 g/mol. The zero-order valence-corrected chi connectivity index (χ0v) is 18.7. The van der Waals surface area contributed by atoms with Gasteiger partial charge in [0.2, 0.25) is 15.9 Å². The molecule has 0 aromatic heterocycles. The van der Waals surface area contributed by atoms with Gasteiger partial charge in [-0.1, -0.05) is 19.3 Å². The highest BCUT2D eigenvalue weighted by molar-refractivity contribution is 9.10. The van der Waals surface area contributed by atoms with Crippen LogP contribution in [0.15, 0.2) is 21.5 Å². The molecule has 0 bridgehead atoms. The number of methoxy groups -OCH3 is 2. The summed E-state index contributed by atoms with van der Waals surface area (Å²) in [6.45, 7) is 1.45. The molecule has 0 unspecified atom stereocenters. The molecule has 2 fully saturated rings. The molecule has 2 aliphatic rings. The molecule has 1 amide bonds. The molecule has 9 heteroatoms. The monoisotopic (exact) mass is 474 g/mol. The van der Waals surface area contributed by atoms with Crippen LogP contribution in [0.4, 0.5) is 0 Å². The third kappa shape index (κ3) is 4.31. The average Bonchev–Trinajstić information content (AvgIpc) is 2.73. The molecule has 1 aromatic rings. The Balaban J connectivity index is 1.72. The molecular formula is C19H27BrN2O5S. The van der Waals surface area contributed by atoms with Crippen LogP contribution in [0.1, 0.15) is 32.1 Å². The van der Waals surface area contributed by atoms with Crippen LogP contribution in [0.5, 0.6) is 11.5 Å². The van der Waals surface area contributed by atoms with Gasteiger partial charge in [0.25, 0.3) is 0 Å². The Hall–Kier alpha value is -1.32. The van der Waals surface area contributed by atoms with Gasteiger partial charge in [0, 0.05) is 42.6 Å². The van der Waals surface area contributed by atoms with Crippen LogP contribution >= 0.6 is 15.9 Å². The number of piperazine rings is 1. The smallest absolute Gasteiger partial charge is 0.244 e. The van der Waals surface area contributed by atoms with Crippen molar-refractivity contribution in [2.75, 3.05) is 40.4 Å². The summed E-state index contributed by atoms with van der Waals surface area (Å²) in [4.78, 5) is 14.7. The van der Waals surface area contributed by atoms with Gasteiger partial charge >= 0.3 is 0 Å². The standard InChI is InChI=1S/C19H27BrN2O5S/c1-26-16-12-15(20)18(13-17(16)27-2)28(24,25)22-10-8-21(9-11-22)19(23)14-6-4-3-5-7-14/h12-14H,3-11H2,1-2H3. The van der Waals surface area contributed by atoms with Crippen molar-refractivity contribution in [3.8, 4) is 11.5 Å². The largest absolute Gasteiger partial charge is 0.493 e. The fraction of sp³-hybridized carbons (Fsp3) is 0.632. The molecule has 1 aromatic carbocycles. The summed E-state index contributed by atoms with van der Waals surface area (Å²) in [7, 11) is -0.740. The minimum atomic E-state index is -3.71. The molecule has 0 radical (unpaired) electrons. The third-order valence-electron chi connectivity index (χ3n) is 5.56. The van der Waals surface area contributed by atoms with E-state index in [2.05, 4.69) is 15.9 Å².